The molecule has 1 saturated heterocycles. The highest BCUT2D eigenvalue weighted by Gasteiger charge is 2.44. The summed E-state index contributed by atoms with van der Waals surface area (Å²) in [6.07, 6.45) is 5.15. The van der Waals surface area contributed by atoms with Crippen LogP contribution in [0.4, 0.5) is 0 Å². The maximum Gasteiger partial charge on any atom is 0.220 e. The smallest absolute Gasteiger partial charge is 0.220 e. The molecule has 3 heteroatoms. The van der Waals surface area contributed by atoms with E-state index in [-0.39, 0.29) is 17.6 Å². The van der Waals surface area contributed by atoms with E-state index in [4.69, 9.17) is 0 Å². The minimum atomic E-state index is -0.308. The van der Waals surface area contributed by atoms with Crippen LogP contribution in [0.25, 0.3) is 0 Å². The van der Waals surface area contributed by atoms with Crippen LogP contribution in [0.5, 0.6) is 0 Å². The Morgan fingerprint density at radius 1 is 1.42 bits per heavy atom. The maximum absolute atomic E-state index is 11.0. The molecule has 2 fully saturated rings. The predicted molar refractivity (Wildman–Crippen MR) is 44.6 cm³/mol. The Balaban J connectivity index is 2.12. The maximum atomic E-state index is 11.0. The first-order valence-electron chi connectivity index (χ1n) is 4.72. The summed E-state index contributed by atoms with van der Waals surface area (Å²) < 4.78 is 0. The molecule has 1 saturated carbocycles. The van der Waals surface area contributed by atoms with Crippen LogP contribution in [-0.4, -0.2) is 22.7 Å². The minimum Gasteiger partial charge on any atom is -0.391 e. The molecule has 68 valence electrons. The number of aliphatic hydroxyl groups is 1. The standard InChI is InChI=1S/C9H15NO2/c11-7-3-1-2-5-9(7)6-4-8(12)10-9/h7,11H,1-6H2,(H,10,12). The van der Waals surface area contributed by atoms with E-state index in [0.29, 0.717) is 6.42 Å². The van der Waals surface area contributed by atoms with Gasteiger partial charge < -0.3 is 10.4 Å². The molecule has 0 radical (unpaired) electrons. The second-order valence-corrected chi connectivity index (χ2v) is 3.97. The number of carbonyl (C=O) groups is 1. The molecular formula is C9H15NO2. The fourth-order valence-corrected chi connectivity index (χ4v) is 2.40. The molecule has 2 unspecified atom stereocenters. The number of nitrogens with one attached hydrogen (secondary N) is 1. The molecule has 2 N–H and O–H groups in total. The number of hydrogen-bond donors (Lipinski definition) is 2. The molecule has 0 aromatic rings. The van der Waals surface area contributed by atoms with Crippen LogP contribution in [0.15, 0.2) is 0 Å². The number of amides is 1. The zero-order valence-electron chi connectivity index (χ0n) is 7.18. The van der Waals surface area contributed by atoms with Gasteiger partial charge in [0.25, 0.3) is 0 Å². The Kier molecular flexibility index (Phi) is 1.83. The van der Waals surface area contributed by atoms with Crippen LogP contribution >= 0.6 is 0 Å². The van der Waals surface area contributed by atoms with E-state index < -0.39 is 0 Å². The van der Waals surface area contributed by atoms with Gasteiger partial charge in [0.2, 0.25) is 5.91 Å². The molecule has 1 aliphatic heterocycles. The van der Waals surface area contributed by atoms with E-state index in [9.17, 15) is 9.90 Å². The van der Waals surface area contributed by atoms with Crippen molar-refractivity contribution in [1.82, 2.24) is 5.32 Å². The van der Waals surface area contributed by atoms with Gasteiger partial charge in [0, 0.05) is 6.42 Å². The fourth-order valence-electron chi connectivity index (χ4n) is 2.40. The summed E-state index contributed by atoms with van der Waals surface area (Å²) in [7, 11) is 0. The fraction of sp³-hybridized carbons (Fsp3) is 0.889. The van der Waals surface area contributed by atoms with E-state index in [1.54, 1.807) is 0 Å². The average Bonchev–Trinajstić information content (AvgIpc) is 2.41. The Hall–Kier alpha value is -0.570. The lowest BCUT2D eigenvalue weighted by Gasteiger charge is -2.38. The Morgan fingerprint density at radius 3 is 2.83 bits per heavy atom. The summed E-state index contributed by atoms with van der Waals surface area (Å²) in [4.78, 5) is 11.0. The van der Waals surface area contributed by atoms with E-state index in [2.05, 4.69) is 5.32 Å². The van der Waals surface area contributed by atoms with Gasteiger partial charge in [0.05, 0.1) is 11.6 Å². The van der Waals surface area contributed by atoms with Gasteiger partial charge in [0.15, 0.2) is 0 Å². The zero-order valence-corrected chi connectivity index (χ0v) is 7.18. The predicted octanol–water partition coefficient (Wildman–Crippen LogP) is 0.570. The van der Waals surface area contributed by atoms with Crippen molar-refractivity contribution in [3.63, 3.8) is 0 Å². The van der Waals surface area contributed by atoms with Crippen molar-refractivity contribution in [2.24, 2.45) is 0 Å². The second-order valence-electron chi connectivity index (χ2n) is 3.97. The van der Waals surface area contributed by atoms with Crippen molar-refractivity contribution in [3.8, 4) is 0 Å². The SMILES string of the molecule is O=C1CCC2(CCCCC2O)N1. The number of rotatable bonds is 0. The molecule has 1 spiro atoms. The highest BCUT2D eigenvalue weighted by Crippen LogP contribution is 2.35. The third-order valence-electron chi connectivity index (χ3n) is 3.17. The van der Waals surface area contributed by atoms with Crippen molar-refractivity contribution in [1.29, 1.82) is 0 Å². The van der Waals surface area contributed by atoms with E-state index in [0.717, 1.165) is 32.1 Å². The van der Waals surface area contributed by atoms with Gasteiger partial charge in [-0.2, -0.15) is 0 Å². The lowest BCUT2D eigenvalue weighted by molar-refractivity contribution is -0.120. The molecule has 0 aromatic heterocycles. The molecule has 2 atom stereocenters. The largest absolute Gasteiger partial charge is 0.391 e. The van der Waals surface area contributed by atoms with Gasteiger partial charge in [-0.05, 0) is 19.3 Å². The van der Waals surface area contributed by atoms with Gasteiger partial charge >= 0.3 is 0 Å². The molecule has 1 heterocycles. The average molecular weight is 169 g/mol. The molecule has 1 amide bonds. The van der Waals surface area contributed by atoms with Gasteiger partial charge in [-0.1, -0.05) is 12.8 Å². The molecule has 1 aliphatic carbocycles. The lowest BCUT2D eigenvalue weighted by atomic mass is 9.78. The monoisotopic (exact) mass is 169 g/mol. The van der Waals surface area contributed by atoms with Crippen molar-refractivity contribution in [2.75, 3.05) is 0 Å². The molecule has 0 aromatic carbocycles. The molecule has 2 aliphatic rings. The molecular weight excluding hydrogens is 154 g/mol. The molecule has 3 nitrogen and oxygen atoms in total. The van der Waals surface area contributed by atoms with Gasteiger partial charge in [-0.25, -0.2) is 0 Å². The lowest BCUT2D eigenvalue weighted by Crippen LogP contribution is -2.53. The number of carbonyl (C=O) groups excluding carboxylic acids is 1. The Labute approximate surface area is 72.2 Å². The van der Waals surface area contributed by atoms with Crippen LogP contribution in [-0.2, 0) is 4.79 Å². The van der Waals surface area contributed by atoms with Gasteiger partial charge in [-0.15, -0.1) is 0 Å². The second kappa shape index (κ2) is 2.73. The molecule has 2 rings (SSSR count). The first-order chi connectivity index (χ1) is 5.73. The Bertz CT molecular complexity index is 205. The van der Waals surface area contributed by atoms with E-state index in [1.165, 1.54) is 0 Å². The third-order valence-corrected chi connectivity index (χ3v) is 3.17. The molecule has 12 heavy (non-hydrogen) atoms. The number of aliphatic hydroxyl groups excluding tert-OH is 1. The molecule has 0 bridgehead atoms. The highest BCUT2D eigenvalue weighted by molar-refractivity contribution is 5.79. The van der Waals surface area contributed by atoms with Crippen molar-refractivity contribution < 1.29 is 9.90 Å². The van der Waals surface area contributed by atoms with Gasteiger partial charge in [-0.3, -0.25) is 4.79 Å². The summed E-state index contributed by atoms with van der Waals surface area (Å²) >= 11 is 0. The van der Waals surface area contributed by atoms with Crippen molar-refractivity contribution in [2.45, 2.75) is 50.2 Å². The van der Waals surface area contributed by atoms with E-state index >= 15 is 0 Å². The zero-order chi connectivity index (χ0) is 8.60. The van der Waals surface area contributed by atoms with Crippen LogP contribution in [0, 0.1) is 0 Å². The number of hydrogen-bond acceptors (Lipinski definition) is 2. The van der Waals surface area contributed by atoms with Crippen molar-refractivity contribution >= 4 is 5.91 Å². The summed E-state index contributed by atoms with van der Waals surface area (Å²) in [5, 5.41) is 12.7. The normalized spacial score (nSPS) is 41.8. The topological polar surface area (TPSA) is 49.3 Å². The first kappa shape index (κ1) is 8.05. The minimum absolute atomic E-state index is 0.107. The van der Waals surface area contributed by atoms with Crippen LogP contribution in [0.2, 0.25) is 0 Å². The highest BCUT2D eigenvalue weighted by atomic mass is 16.3. The summed E-state index contributed by atoms with van der Waals surface area (Å²) in [6, 6.07) is 0. The van der Waals surface area contributed by atoms with Crippen molar-refractivity contribution in [3.05, 3.63) is 0 Å². The Morgan fingerprint density at radius 2 is 2.25 bits per heavy atom. The summed E-state index contributed by atoms with van der Waals surface area (Å²) in [5.41, 5.74) is -0.241. The summed E-state index contributed by atoms with van der Waals surface area (Å²) in [5.74, 6) is 0.107. The van der Waals surface area contributed by atoms with Crippen LogP contribution in [0.1, 0.15) is 38.5 Å². The third kappa shape index (κ3) is 1.12. The van der Waals surface area contributed by atoms with Crippen LogP contribution < -0.4 is 5.32 Å². The van der Waals surface area contributed by atoms with Gasteiger partial charge in [0.1, 0.15) is 0 Å². The van der Waals surface area contributed by atoms with Crippen LogP contribution in [0.3, 0.4) is 0 Å². The quantitative estimate of drug-likeness (QED) is 0.557. The van der Waals surface area contributed by atoms with E-state index in [1.807, 2.05) is 0 Å². The first-order valence-corrected chi connectivity index (χ1v) is 4.72. The summed E-state index contributed by atoms with van der Waals surface area (Å²) in [6.45, 7) is 0.